The topological polar surface area (TPSA) is 159 Å². The molecular weight excluding hydrogens is 496 g/mol. The van der Waals surface area contributed by atoms with Crippen LogP contribution >= 0.6 is 12.2 Å². The van der Waals surface area contributed by atoms with Gasteiger partial charge in [-0.2, -0.15) is 0 Å². The van der Waals surface area contributed by atoms with Crippen LogP contribution in [-0.4, -0.2) is 55.9 Å². The molecule has 2 atom stereocenters. The van der Waals surface area contributed by atoms with Crippen LogP contribution in [0.1, 0.15) is 29.3 Å². The van der Waals surface area contributed by atoms with E-state index in [0.29, 0.717) is 17.0 Å². The predicted molar refractivity (Wildman–Crippen MR) is 141 cm³/mol. The Labute approximate surface area is 216 Å². The Balaban J connectivity index is 1.59. The highest BCUT2D eigenvalue weighted by Gasteiger charge is 2.31. The highest BCUT2D eigenvalue weighted by atomic mass is 32.1. The summed E-state index contributed by atoms with van der Waals surface area (Å²) in [5.41, 5.74) is 5.22. The van der Waals surface area contributed by atoms with Crippen molar-refractivity contribution in [2.75, 3.05) is 6.54 Å². The fraction of sp³-hybridized carbons (Fsp3) is 0.280. The number of fused-ring (bicyclic) bond motifs is 1. The number of nitrogens with two attached hydrogens (primary N) is 1. The predicted octanol–water partition coefficient (Wildman–Crippen LogP) is 0.0115. The van der Waals surface area contributed by atoms with Crippen molar-refractivity contribution in [3.05, 3.63) is 80.4 Å². The quantitative estimate of drug-likeness (QED) is 0.228. The van der Waals surface area contributed by atoms with Gasteiger partial charge in [0, 0.05) is 19.5 Å². The third-order valence-corrected chi connectivity index (χ3v) is 6.51. The monoisotopic (exact) mass is 522 g/mol. The van der Waals surface area contributed by atoms with Crippen LogP contribution < -0.4 is 27.5 Å². The summed E-state index contributed by atoms with van der Waals surface area (Å²) in [6.07, 6.45) is 0.536. The Hall–Kier alpha value is -4.32. The summed E-state index contributed by atoms with van der Waals surface area (Å²) in [7, 11) is 0. The first-order chi connectivity index (χ1) is 17.7. The van der Waals surface area contributed by atoms with Crippen LogP contribution in [0, 0.1) is 0 Å². The molecule has 4 rings (SSSR count). The van der Waals surface area contributed by atoms with Gasteiger partial charge in [0.15, 0.2) is 5.11 Å². The number of aryl methyl sites for hydroxylation is 1. The largest absolute Gasteiger partial charge is 0.368 e. The number of benzene rings is 2. The number of primary amides is 1. The SMILES string of the molecule is CC1NC(=S)N(CCCn2c(=O)c(=O)[nH]c3c(C(=O)N[C@@H](Cc4ccccc4)C(N)=O)cccc32)C1=O. The average molecular weight is 523 g/mol. The number of nitrogens with one attached hydrogen (secondary N) is 3. The number of para-hydroxylation sites is 1. The summed E-state index contributed by atoms with van der Waals surface area (Å²) < 4.78 is 1.26. The fourth-order valence-corrected chi connectivity index (χ4v) is 4.63. The Morgan fingerprint density at radius 1 is 1.08 bits per heavy atom. The third kappa shape index (κ3) is 5.43. The van der Waals surface area contributed by atoms with Gasteiger partial charge in [0.25, 0.3) is 11.8 Å². The number of amides is 3. The van der Waals surface area contributed by atoms with Gasteiger partial charge in [-0.05, 0) is 43.3 Å². The zero-order chi connectivity index (χ0) is 26.7. The number of H-pyrrole nitrogens is 1. The van der Waals surface area contributed by atoms with Crippen molar-refractivity contribution in [2.45, 2.75) is 38.4 Å². The molecule has 2 heterocycles. The minimum absolute atomic E-state index is 0.0802. The Kier molecular flexibility index (Phi) is 7.48. The molecule has 0 radical (unpaired) electrons. The fourth-order valence-electron chi connectivity index (χ4n) is 4.27. The third-order valence-electron chi connectivity index (χ3n) is 6.17. The molecule has 1 unspecified atom stereocenters. The van der Waals surface area contributed by atoms with Crippen LogP contribution in [0.15, 0.2) is 58.1 Å². The lowest BCUT2D eigenvalue weighted by Gasteiger charge is -2.18. The maximum Gasteiger partial charge on any atom is 0.316 e. The summed E-state index contributed by atoms with van der Waals surface area (Å²) in [5, 5.41) is 5.83. The van der Waals surface area contributed by atoms with Gasteiger partial charge >= 0.3 is 11.1 Å². The summed E-state index contributed by atoms with van der Waals surface area (Å²) in [5.74, 6) is -1.49. The molecule has 2 aromatic carbocycles. The summed E-state index contributed by atoms with van der Waals surface area (Å²) in [6, 6.07) is 12.4. The van der Waals surface area contributed by atoms with Gasteiger partial charge < -0.3 is 25.9 Å². The van der Waals surface area contributed by atoms with E-state index in [-0.39, 0.29) is 36.5 Å². The second-order valence-electron chi connectivity index (χ2n) is 8.74. The highest BCUT2D eigenvalue weighted by Crippen LogP contribution is 2.16. The molecule has 11 nitrogen and oxygen atoms in total. The number of rotatable bonds is 9. The van der Waals surface area contributed by atoms with Crippen LogP contribution in [-0.2, 0) is 22.6 Å². The first kappa shape index (κ1) is 25.8. The number of thiocarbonyl (C=S) groups is 1. The molecule has 0 bridgehead atoms. The Bertz CT molecular complexity index is 1500. The molecule has 1 saturated heterocycles. The van der Waals surface area contributed by atoms with Crippen molar-refractivity contribution in [3.8, 4) is 0 Å². The molecule has 0 aliphatic carbocycles. The highest BCUT2D eigenvalue weighted by molar-refractivity contribution is 7.80. The minimum atomic E-state index is -0.986. The zero-order valence-electron chi connectivity index (χ0n) is 20.0. The van der Waals surface area contributed by atoms with E-state index < -0.39 is 35.0 Å². The van der Waals surface area contributed by atoms with Crippen LogP contribution in [0.3, 0.4) is 0 Å². The van der Waals surface area contributed by atoms with Crippen molar-refractivity contribution >= 4 is 46.1 Å². The number of carbonyl (C=O) groups is 3. The lowest BCUT2D eigenvalue weighted by molar-refractivity contribution is -0.126. The number of aromatic nitrogens is 2. The van der Waals surface area contributed by atoms with E-state index in [1.807, 2.05) is 30.3 Å². The molecule has 1 aromatic heterocycles. The second kappa shape index (κ2) is 10.7. The molecule has 1 aliphatic heterocycles. The summed E-state index contributed by atoms with van der Waals surface area (Å²) in [4.78, 5) is 66.5. The van der Waals surface area contributed by atoms with Gasteiger partial charge in [0.1, 0.15) is 12.1 Å². The van der Waals surface area contributed by atoms with E-state index in [1.54, 1.807) is 19.1 Å². The molecule has 5 N–H and O–H groups in total. The molecule has 3 amide bonds. The lowest BCUT2D eigenvalue weighted by atomic mass is 10.0. The number of carbonyl (C=O) groups excluding carboxylic acids is 3. The molecule has 12 heteroatoms. The van der Waals surface area contributed by atoms with Gasteiger partial charge in [-0.1, -0.05) is 36.4 Å². The normalized spacial score (nSPS) is 16.0. The van der Waals surface area contributed by atoms with Crippen molar-refractivity contribution < 1.29 is 14.4 Å². The van der Waals surface area contributed by atoms with Crippen LogP contribution in [0.2, 0.25) is 0 Å². The maximum absolute atomic E-state index is 13.2. The summed E-state index contributed by atoms with van der Waals surface area (Å²) >= 11 is 5.18. The van der Waals surface area contributed by atoms with E-state index in [9.17, 15) is 24.0 Å². The van der Waals surface area contributed by atoms with Gasteiger partial charge in [0.05, 0.1) is 16.6 Å². The van der Waals surface area contributed by atoms with Crippen molar-refractivity contribution in [2.24, 2.45) is 5.73 Å². The van der Waals surface area contributed by atoms with Crippen LogP contribution in [0.4, 0.5) is 0 Å². The molecule has 37 heavy (non-hydrogen) atoms. The molecular formula is C25H26N6O5S. The van der Waals surface area contributed by atoms with Crippen LogP contribution in [0.5, 0.6) is 0 Å². The van der Waals surface area contributed by atoms with E-state index in [1.165, 1.54) is 15.5 Å². The van der Waals surface area contributed by atoms with E-state index in [2.05, 4.69) is 15.6 Å². The molecule has 0 spiro atoms. The average Bonchev–Trinajstić information content (AvgIpc) is 3.11. The molecule has 0 saturated carbocycles. The summed E-state index contributed by atoms with van der Waals surface area (Å²) in [6.45, 7) is 2.08. The van der Waals surface area contributed by atoms with Gasteiger partial charge in [-0.25, -0.2) is 0 Å². The van der Waals surface area contributed by atoms with Crippen LogP contribution in [0.25, 0.3) is 11.0 Å². The van der Waals surface area contributed by atoms with Gasteiger partial charge in [-0.15, -0.1) is 0 Å². The first-order valence-electron chi connectivity index (χ1n) is 11.7. The van der Waals surface area contributed by atoms with Crippen molar-refractivity contribution in [3.63, 3.8) is 0 Å². The van der Waals surface area contributed by atoms with E-state index >= 15 is 0 Å². The first-order valence-corrected chi connectivity index (χ1v) is 12.1. The van der Waals surface area contributed by atoms with E-state index in [0.717, 1.165) is 5.56 Å². The molecule has 192 valence electrons. The number of aromatic amines is 1. The van der Waals surface area contributed by atoms with Crippen molar-refractivity contribution in [1.82, 2.24) is 25.1 Å². The smallest absolute Gasteiger partial charge is 0.316 e. The minimum Gasteiger partial charge on any atom is -0.368 e. The standard InChI is InChI=1S/C25H26N6O5S/c1-14-23(35)31(25(37)27-14)12-6-11-30-18-10-5-9-16(19(18)29-22(34)24(30)36)21(33)28-17(20(26)32)13-15-7-3-2-4-8-15/h2-5,7-10,14,17H,6,11-13H2,1H3,(H2,26,32)(H,27,37)(H,28,33)(H,29,34)/t14?,17-/m0/s1. The maximum atomic E-state index is 13.2. The lowest BCUT2D eigenvalue weighted by Crippen LogP contribution is -2.46. The van der Waals surface area contributed by atoms with Gasteiger partial charge in [0.2, 0.25) is 5.91 Å². The molecule has 1 fully saturated rings. The van der Waals surface area contributed by atoms with E-state index in [4.69, 9.17) is 18.0 Å². The number of hydrogen-bond acceptors (Lipinski definition) is 6. The number of nitrogens with zero attached hydrogens (tertiary/aromatic N) is 2. The van der Waals surface area contributed by atoms with Crippen molar-refractivity contribution in [1.29, 1.82) is 0 Å². The van der Waals surface area contributed by atoms with Gasteiger partial charge in [-0.3, -0.25) is 28.9 Å². The zero-order valence-corrected chi connectivity index (χ0v) is 20.8. The second-order valence-corrected chi connectivity index (χ2v) is 9.13. The molecule has 3 aromatic rings. The number of hydrogen-bond donors (Lipinski definition) is 4. The Morgan fingerprint density at radius 3 is 2.46 bits per heavy atom. The Morgan fingerprint density at radius 2 is 1.81 bits per heavy atom. The molecule has 1 aliphatic rings.